The molecule has 0 radical (unpaired) electrons. The zero-order chi connectivity index (χ0) is 13.8. The molecular weight excluding hydrogens is 308 g/mol. The lowest BCUT2D eigenvalue weighted by Crippen LogP contribution is -2.41. The molecule has 0 bridgehead atoms. The van der Waals surface area contributed by atoms with E-state index in [1.54, 1.807) is 6.07 Å². The van der Waals surface area contributed by atoms with Crippen LogP contribution in [0.3, 0.4) is 0 Å². The zero-order valence-electron chi connectivity index (χ0n) is 11.0. The van der Waals surface area contributed by atoms with Crippen LogP contribution in [-0.4, -0.2) is 41.7 Å². The van der Waals surface area contributed by atoms with Crippen LogP contribution in [0.25, 0.3) is 0 Å². The van der Waals surface area contributed by atoms with Crippen LogP contribution in [0, 0.1) is 0 Å². The number of likely N-dealkylation sites (tertiary alicyclic amines) is 1. The molecule has 1 heterocycles. The summed E-state index contributed by atoms with van der Waals surface area (Å²) in [5.74, 6) is -0.909. The van der Waals surface area contributed by atoms with Gasteiger partial charge < -0.3 is 15.3 Å². The molecule has 19 heavy (non-hydrogen) atoms. The summed E-state index contributed by atoms with van der Waals surface area (Å²) in [5.41, 5.74) is 1.27. The van der Waals surface area contributed by atoms with Gasteiger partial charge in [0.25, 0.3) is 0 Å². The highest BCUT2D eigenvalue weighted by Gasteiger charge is 2.18. The maximum Gasteiger partial charge on any atom is 0.336 e. The Balaban J connectivity index is 2.03. The molecule has 1 fully saturated rings. The summed E-state index contributed by atoms with van der Waals surface area (Å²) in [4.78, 5) is 13.4. The van der Waals surface area contributed by atoms with Gasteiger partial charge in [-0.15, -0.1) is 0 Å². The van der Waals surface area contributed by atoms with Gasteiger partial charge in [-0.05, 0) is 60.1 Å². The number of aromatic carboxylic acids is 1. The summed E-state index contributed by atoms with van der Waals surface area (Å²) in [6.45, 7) is 5.49. The second-order valence-corrected chi connectivity index (χ2v) is 5.73. The molecule has 0 aromatic heterocycles. The van der Waals surface area contributed by atoms with E-state index in [9.17, 15) is 4.79 Å². The Morgan fingerprint density at radius 2 is 2.37 bits per heavy atom. The number of hydrogen-bond acceptors (Lipinski definition) is 3. The Labute approximate surface area is 121 Å². The van der Waals surface area contributed by atoms with Gasteiger partial charge in [0.15, 0.2) is 0 Å². The third-order valence-corrected chi connectivity index (χ3v) is 4.18. The van der Waals surface area contributed by atoms with Crippen molar-refractivity contribution in [3.05, 3.63) is 28.2 Å². The average molecular weight is 327 g/mol. The second-order valence-electron chi connectivity index (χ2n) is 4.88. The summed E-state index contributed by atoms with van der Waals surface area (Å²) in [5, 5.41) is 12.5. The number of anilines is 1. The maximum absolute atomic E-state index is 10.9. The van der Waals surface area contributed by atoms with Crippen molar-refractivity contribution in [2.24, 2.45) is 0 Å². The molecule has 1 unspecified atom stereocenters. The van der Waals surface area contributed by atoms with Crippen molar-refractivity contribution in [1.29, 1.82) is 0 Å². The Morgan fingerprint density at radius 1 is 1.58 bits per heavy atom. The number of rotatable bonds is 4. The topological polar surface area (TPSA) is 52.6 Å². The third kappa shape index (κ3) is 3.70. The Kier molecular flexibility index (Phi) is 4.82. The predicted molar refractivity (Wildman–Crippen MR) is 79.9 cm³/mol. The van der Waals surface area contributed by atoms with Gasteiger partial charge >= 0.3 is 5.97 Å². The standard InChI is InChI=1S/C14H19BrN2O2/c1-2-17-7-3-4-11(9-17)16-10-5-6-12(14(18)19)13(15)8-10/h5-6,8,11,16H,2-4,7,9H2,1H3,(H,18,19). The Bertz CT molecular complexity index is 465. The van der Waals surface area contributed by atoms with E-state index in [1.807, 2.05) is 12.1 Å². The first-order valence-corrected chi connectivity index (χ1v) is 7.41. The average Bonchev–Trinajstić information content (AvgIpc) is 2.38. The number of hydrogen-bond donors (Lipinski definition) is 2. The zero-order valence-corrected chi connectivity index (χ0v) is 12.6. The first-order chi connectivity index (χ1) is 9.10. The minimum atomic E-state index is -0.909. The fraction of sp³-hybridized carbons (Fsp3) is 0.500. The summed E-state index contributed by atoms with van der Waals surface area (Å²) in [7, 11) is 0. The van der Waals surface area contributed by atoms with Crippen molar-refractivity contribution in [3.8, 4) is 0 Å². The number of benzene rings is 1. The van der Waals surface area contributed by atoms with Gasteiger partial charge in [0.2, 0.25) is 0 Å². The smallest absolute Gasteiger partial charge is 0.336 e. The van der Waals surface area contributed by atoms with Gasteiger partial charge in [-0.1, -0.05) is 6.92 Å². The summed E-state index contributed by atoms with van der Waals surface area (Å²) >= 11 is 3.31. The minimum absolute atomic E-state index is 0.296. The molecule has 1 aliphatic heterocycles. The van der Waals surface area contributed by atoms with Crippen molar-refractivity contribution in [2.75, 3.05) is 25.0 Å². The van der Waals surface area contributed by atoms with Gasteiger partial charge in [-0.25, -0.2) is 4.79 Å². The fourth-order valence-corrected chi connectivity index (χ4v) is 3.02. The van der Waals surface area contributed by atoms with Crippen molar-refractivity contribution in [2.45, 2.75) is 25.8 Å². The summed E-state index contributed by atoms with van der Waals surface area (Å²) in [6, 6.07) is 5.75. The number of piperidine rings is 1. The lowest BCUT2D eigenvalue weighted by atomic mass is 10.1. The largest absolute Gasteiger partial charge is 0.478 e. The van der Waals surface area contributed by atoms with Crippen molar-refractivity contribution in [3.63, 3.8) is 0 Å². The molecule has 104 valence electrons. The van der Waals surface area contributed by atoms with Crippen LogP contribution in [-0.2, 0) is 0 Å². The van der Waals surface area contributed by atoms with E-state index >= 15 is 0 Å². The molecule has 0 amide bonds. The lowest BCUT2D eigenvalue weighted by Gasteiger charge is -2.32. The van der Waals surface area contributed by atoms with Gasteiger partial charge in [0.1, 0.15) is 0 Å². The predicted octanol–water partition coefficient (Wildman–Crippen LogP) is 3.04. The molecule has 1 aromatic carbocycles. The number of nitrogens with one attached hydrogen (secondary N) is 1. The summed E-state index contributed by atoms with van der Waals surface area (Å²) in [6.07, 6.45) is 2.37. The molecule has 4 nitrogen and oxygen atoms in total. The first-order valence-electron chi connectivity index (χ1n) is 6.62. The third-order valence-electron chi connectivity index (χ3n) is 3.52. The highest BCUT2D eigenvalue weighted by Crippen LogP contribution is 2.23. The van der Waals surface area contributed by atoms with E-state index in [2.05, 4.69) is 33.1 Å². The van der Waals surface area contributed by atoms with Crippen LogP contribution in [0.4, 0.5) is 5.69 Å². The lowest BCUT2D eigenvalue weighted by molar-refractivity contribution is 0.0696. The minimum Gasteiger partial charge on any atom is -0.478 e. The van der Waals surface area contributed by atoms with E-state index in [0.717, 1.165) is 25.2 Å². The summed E-state index contributed by atoms with van der Waals surface area (Å²) < 4.78 is 0.619. The highest BCUT2D eigenvalue weighted by atomic mass is 79.9. The maximum atomic E-state index is 10.9. The SMILES string of the molecule is CCN1CCCC(Nc2ccc(C(=O)O)c(Br)c2)C1. The molecule has 1 aliphatic rings. The number of carboxylic acids is 1. The molecule has 1 saturated heterocycles. The Hall–Kier alpha value is -1.07. The molecule has 0 saturated carbocycles. The molecule has 0 aliphatic carbocycles. The van der Waals surface area contributed by atoms with Crippen LogP contribution in [0.2, 0.25) is 0 Å². The van der Waals surface area contributed by atoms with Gasteiger partial charge in [0, 0.05) is 22.7 Å². The molecular formula is C14H19BrN2O2. The molecule has 0 spiro atoms. The number of carbonyl (C=O) groups is 1. The van der Waals surface area contributed by atoms with Crippen LogP contribution in [0.15, 0.2) is 22.7 Å². The van der Waals surface area contributed by atoms with Crippen LogP contribution in [0.1, 0.15) is 30.1 Å². The highest BCUT2D eigenvalue weighted by molar-refractivity contribution is 9.10. The molecule has 1 aromatic rings. The molecule has 5 heteroatoms. The van der Waals surface area contributed by atoms with E-state index in [0.29, 0.717) is 16.1 Å². The Morgan fingerprint density at radius 3 is 3.00 bits per heavy atom. The number of carboxylic acid groups (broad SMARTS) is 1. The van der Waals surface area contributed by atoms with Gasteiger partial charge in [-0.2, -0.15) is 0 Å². The van der Waals surface area contributed by atoms with Crippen molar-refractivity contribution in [1.82, 2.24) is 4.90 Å². The van der Waals surface area contributed by atoms with E-state index in [-0.39, 0.29) is 0 Å². The molecule has 2 rings (SSSR count). The molecule has 2 N–H and O–H groups in total. The van der Waals surface area contributed by atoms with Crippen LogP contribution in [0.5, 0.6) is 0 Å². The van der Waals surface area contributed by atoms with Crippen LogP contribution < -0.4 is 5.32 Å². The van der Waals surface area contributed by atoms with E-state index in [1.165, 1.54) is 13.0 Å². The van der Waals surface area contributed by atoms with Crippen molar-refractivity contribution >= 4 is 27.6 Å². The number of nitrogens with zero attached hydrogens (tertiary/aromatic N) is 1. The van der Waals surface area contributed by atoms with Gasteiger partial charge in [-0.3, -0.25) is 0 Å². The van der Waals surface area contributed by atoms with E-state index in [4.69, 9.17) is 5.11 Å². The van der Waals surface area contributed by atoms with Crippen LogP contribution >= 0.6 is 15.9 Å². The quantitative estimate of drug-likeness (QED) is 0.892. The fourth-order valence-electron chi connectivity index (χ4n) is 2.47. The normalized spacial score (nSPS) is 20.2. The molecule has 1 atom stereocenters. The number of halogens is 1. The monoisotopic (exact) mass is 326 g/mol. The van der Waals surface area contributed by atoms with E-state index < -0.39 is 5.97 Å². The van der Waals surface area contributed by atoms with Gasteiger partial charge in [0.05, 0.1) is 5.56 Å². The first kappa shape index (κ1) is 14.3. The second kappa shape index (κ2) is 6.39. The van der Waals surface area contributed by atoms with Crippen molar-refractivity contribution < 1.29 is 9.90 Å². The number of likely N-dealkylation sites (N-methyl/N-ethyl adjacent to an activating group) is 1.